The molecule has 0 atom stereocenters. The van der Waals surface area contributed by atoms with Crippen LogP contribution in [0, 0.1) is 0 Å². The number of hydrogen-bond donors (Lipinski definition) is 1. The first-order valence-corrected chi connectivity index (χ1v) is 13.9. The maximum absolute atomic E-state index is 12.5. The van der Waals surface area contributed by atoms with Crippen LogP contribution in [-0.2, 0) is 11.3 Å². The van der Waals surface area contributed by atoms with Crippen molar-refractivity contribution in [3.8, 4) is 11.5 Å². The molecule has 0 unspecified atom stereocenters. The molecule has 0 bridgehead atoms. The Balaban J connectivity index is 1.51. The Labute approximate surface area is 229 Å². The summed E-state index contributed by atoms with van der Waals surface area (Å²) in [6, 6.07) is 13.0. The Kier molecular flexibility index (Phi) is 11.8. The minimum Gasteiger partial charge on any atom is -0.493 e. The SMILES string of the molecule is CCOc1cc(C2=NN(Cc3ccc(NC(=O)OCCCCCCN(C)C)cc3)C(=O)SC2)ccc1OC. The van der Waals surface area contributed by atoms with Gasteiger partial charge < -0.3 is 19.1 Å². The zero-order chi connectivity index (χ0) is 27.3. The second kappa shape index (κ2) is 15.2. The largest absolute Gasteiger partial charge is 0.493 e. The quantitative estimate of drug-likeness (QED) is 0.300. The molecule has 1 aliphatic rings. The van der Waals surface area contributed by atoms with Crippen LogP contribution < -0.4 is 14.8 Å². The standard InChI is InChI=1S/C28H38N4O5S/c1-5-36-26-18-22(12-15-25(26)35-4)24-20-38-28(34)32(30-24)19-21-10-13-23(14-11-21)29-27(33)37-17-9-7-6-8-16-31(2)3/h10-15,18H,5-9,16-17,19-20H2,1-4H3,(H,29,33). The predicted octanol–water partition coefficient (Wildman–Crippen LogP) is 5.84. The van der Waals surface area contributed by atoms with E-state index in [0.717, 1.165) is 49.1 Å². The Bertz CT molecular complexity index is 1090. The number of hydrazone groups is 1. The molecule has 206 valence electrons. The van der Waals surface area contributed by atoms with E-state index in [4.69, 9.17) is 14.2 Å². The van der Waals surface area contributed by atoms with E-state index in [1.54, 1.807) is 19.2 Å². The number of nitrogens with one attached hydrogen (secondary N) is 1. The predicted molar refractivity (Wildman–Crippen MR) is 153 cm³/mol. The third kappa shape index (κ3) is 9.25. The summed E-state index contributed by atoms with van der Waals surface area (Å²) in [4.78, 5) is 26.8. The molecule has 1 N–H and O–H groups in total. The Morgan fingerprint density at radius 2 is 1.84 bits per heavy atom. The lowest BCUT2D eigenvalue weighted by molar-refractivity contribution is 0.159. The fraction of sp³-hybridized carbons (Fsp3) is 0.464. The fourth-order valence-corrected chi connectivity index (χ4v) is 4.59. The zero-order valence-electron chi connectivity index (χ0n) is 22.7. The number of rotatable bonds is 14. The summed E-state index contributed by atoms with van der Waals surface area (Å²) in [6.07, 6.45) is 3.71. The van der Waals surface area contributed by atoms with Crippen molar-refractivity contribution in [1.29, 1.82) is 0 Å². The molecule has 0 aliphatic carbocycles. The van der Waals surface area contributed by atoms with Gasteiger partial charge in [-0.1, -0.05) is 36.7 Å². The number of unbranched alkanes of at least 4 members (excludes halogenated alkanes) is 3. The van der Waals surface area contributed by atoms with Crippen LogP contribution >= 0.6 is 11.8 Å². The van der Waals surface area contributed by atoms with Crippen molar-refractivity contribution in [3.63, 3.8) is 0 Å². The summed E-state index contributed by atoms with van der Waals surface area (Å²) in [5.74, 6) is 1.78. The number of benzene rings is 2. The monoisotopic (exact) mass is 542 g/mol. The third-order valence-electron chi connectivity index (χ3n) is 5.85. The molecule has 2 amide bonds. The Morgan fingerprint density at radius 1 is 1.08 bits per heavy atom. The summed E-state index contributed by atoms with van der Waals surface area (Å²) < 4.78 is 16.3. The summed E-state index contributed by atoms with van der Waals surface area (Å²) in [5.41, 5.74) is 3.20. The number of carbonyl (C=O) groups excluding carboxylic acids is 2. The number of ether oxygens (including phenoxy) is 3. The number of hydrogen-bond acceptors (Lipinski definition) is 8. The van der Waals surface area contributed by atoms with E-state index in [-0.39, 0.29) is 5.24 Å². The van der Waals surface area contributed by atoms with Gasteiger partial charge in [0.2, 0.25) is 0 Å². The molecule has 38 heavy (non-hydrogen) atoms. The molecule has 9 nitrogen and oxygen atoms in total. The molecule has 10 heteroatoms. The van der Waals surface area contributed by atoms with Gasteiger partial charge in [0.25, 0.3) is 0 Å². The highest BCUT2D eigenvalue weighted by molar-refractivity contribution is 8.14. The molecule has 2 aromatic rings. The van der Waals surface area contributed by atoms with Crippen LogP contribution in [0.1, 0.15) is 43.7 Å². The van der Waals surface area contributed by atoms with E-state index in [0.29, 0.717) is 42.7 Å². The molecule has 3 rings (SSSR count). The lowest BCUT2D eigenvalue weighted by Gasteiger charge is -2.23. The number of nitrogens with zero attached hydrogens (tertiary/aromatic N) is 3. The van der Waals surface area contributed by atoms with Crippen molar-refractivity contribution in [2.24, 2.45) is 5.10 Å². The highest BCUT2D eigenvalue weighted by Gasteiger charge is 2.23. The summed E-state index contributed by atoms with van der Waals surface area (Å²) >= 11 is 1.21. The Hall–Kier alpha value is -3.24. The number of amides is 2. The van der Waals surface area contributed by atoms with Gasteiger partial charge in [0.1, 0.15) is 0 Å². The number of carbonyl (C=O) groups is 2. The molecule has 0 aromatic heterocycles. The van der Waals surface area contributed by atoms with Crippen LogP contribution in [0.5, 0.6) is 11.5 Å². The molecule has 2 aromatic carbocycles. The van der Waals surface area contributed by atoms with E-state index in [9.17, 15) is 9.59 Å². The third-order valence-corrected chi connectivity index (χ3v) is 6.72. The summed E-state index contributed by atoms with van der Waals surface area (Å²) in [6.45, 7) is 4.24. The van der Waals surface area contributed by atoms with Crippen LogP contribution in [0.15, 0.2) is 47.6 Å². The molecule has 0 fully saturated rings. The minimum atomic E-state index is -0.464. The molecule has 0 spiro atoms. The van der Waals surface area contributed by atoms with E-state index in [2.05, 4.69) is 29.4 Å². The maximum Gasteiger partial charge on any atom is 0.411 e. The number of anilines is 1. The number of methoxy groups -OCH3 is 1. The van der Waals surface area contributed by atoms with Crippen molar-refractivity contribution in [1.82, 2.24) is 9.91 Å². The van der Waals surface area contributed by atoms with Gasteiger partial charge in [0, 0.05) is 17.0 Å². The fourth-order valence-electron chi connectivity index (χ4n) is 3.85. The second-order valence-corrected chi connectivity index (χ2v) is 10.1. The van der Waals surface area contributed by atoms with Gasteiger partial charge in [-0.25, -0.2) is 9.80 Å². The Morgan fingerprint density at radius 3 is 2.55 bits per heavy atom. The number of thioether (sulfide) groups is 1. The van der Waals surface area contributed by atoms with Gasteiger partial charge in [0.05, 0.1) is 32.6 Å². The van der Waals surface area contributed by atoms with Crippen molar-refractivity contribution >= 4 is 34.5 Å². The van der Waals surface area contributed by atoms with Crippen molar-refractivity contribution in [2.75, 3.05) is 52.0 Å². The van der Waals surface area contributed by atoms with Gasteiger partial charge in [-0.05, 0) is 76.3 Å². The smallest absolute Gasteiger partial charge is 0.411 e. The van der Waals surface area contributed by atoms with Crippen molar-refractivity contribution < 1.29 is 23.8 Å². The van der Waals surface area contributed by atoms with Crippen LogP contribution in [-0.4, -0.2) is 73.7 Å². The average Bonchev–Trinajstić information content (AvgIpc) is 2.90. The van der Waals surface area contributed by atoms with Crippen molar-refractivity contribution in [2.45, 2.75) is 39.2 Å². The maximum atomic E-state index is 12.5. The molecular weight excluding hydrogens is 504 g/mol. The van der Waals surface area contributed by atoms with Crippen LogP contribution in [0.25, 0.3) is 0 Å². The molecule has 0 saturated heterocycles. The molecule has 1 aliphatic heterocycles. The molecular formula is C28H38N4O5S. The second-order valence-electron chi connectivity index (χ2n) is 9.13. The van der Waals surface area contributed by atoms with E-state index in [1.165, 1.54) is 16.8 Å². The average molecular weight is 543 g/mol. The summed E-state index contributed by atoms with van der Waals surface area (Å²) in [7, 11) is 5.74. The highest BCUT2D eigenvalue weighted by Crippen LogP contribution is 2.30. The first-order valence-electron chi connectivity index (χ1n) is 12.9. The topological polar surface area (TPSA) is 92.7 Å². The normalized spacial score (nSPS) is 13.3. The highest BCUT2D eigenvalue weighted by atomic mass is 32.2. The molecule has 1 heterocycles. The zero-order valence-corrected chi connectivity index (χ0v) is 23.5. The van der Waals surface area contributed by atoms with Crippen LogP contribution in [0.3, 0.4) is 0 Å². The lowest BCUT2D eigenvalue weighted by atomic mass is 10.1. The lowest BCUT2D eigenvalue weighted by Crippen LogP contribution is -2.29. The van der Waals surface area contributed by atoms with Gasteiger partial charge in [-0.2, -0.15) is 5.10 Å². The summed E-state index contributed by atoms with van der Waals surface area (Å²) in [5, 5.41) is 8.72. The van der Waals surface area contributed by atoms with Gasteiger partial charge in [-0.15, -0.1) is 0 Å². The van der Waals surface area contributed by atoms with E-state index >= 15 is 0 Å². The minimum absolute atomic E-state index is 0.111. The van der Waals surface area contributed by atoms with E-state index < -0.39 is 6.09 Å². The van der Waals surface area contributed by atoms with Gasteiger partial charge >= 0.3 is 11.3 Å². The molecule has 0 saturated carbocycles. The van der Waals surface area contributed by atoms with Gasteiger partial charge in [-0.3, -0.25) is 10.1 Å². The van der Waals surface area contributed by atoms with Crippen molar-refractivity contribution in [3.05, 3.63) is 53.6 Å². The van der Waals surface area contributed by atoms with Gasteiger partial charge in [0.15, 0.2) is 11.5 Å². The first-order chi connectivity index (χ1) is 18.4. The van der Waals surface area contributed by atoms with Crippen LogP contribution in [0.4, 0.5) is 15.3 Å². The first kappa shape index (κ1) is 29.3. The molecule has 0 radical (unpaired) electrons. The van der Waals surface area contributed by atoms with E-state index in [1.807, 2.05) is 37.3 Å². The van der Waals surface area contributed by atoms with Crippen LogP contribution in [0.2, 0.25) is 0 Å².